The largest absolute Gasteiger partial charge is 0.456 e. The Morgan fingerprint density at radius 1 is 0.944 bits per heavy atom. The molecule has 2 rings (SSSR count). The van der Waals surface area contributed by atoms with Crippen LogP contribution >= 0.6 is 0 Å². The highest BCUT2D eigenvalue weighted by atomic mass is 16.5. The molecule has 2 heteroatoms. The zero-order chi connectivity index (χ0) is 13.1. The van der Waals surface area contributed by atoms with Gasteiger partial charge in [-0.25, -0.2) is 0 Å². The molecule has 0 fully saturated rings. The third-order valence-electron chi connectivity index (χ3n) is 2.96. The number of hydrogen-bond acceptors (Lipinski definition) is 2. The Balaban J connectivity index is 2.34. The first-order chi connectivity index (χ1) is 8.60. The van der Waals surface area contributed by atoms with E-state index in [4.69, 9.17) is 10.00 Å². The fourth-order valence-corrected chi connectivity index (χ4v) is 1.72. The van der Waals surface area contributed by atoms with Crippen molar-refractivity contribution in [2.45, 2.75) is 20.8 Å². The van der Waals surface area contributed by atoms with Crippen LogP contribution < -0.4 is 4.74 Å². The van der Waals surface area contributed by atoms with Crippen LogP contribution in [0.15, 0.2) is 36.4 Å². The van der Waals surface area contributed by atoms with Crippen LogP contribution in [0, 0.1) is 32.1 Å². The Morgan fingerprint density at radius 2 is 1.72 bits per heavy atom. The van der Waals surface area contributed by atoms with E-state index in [0.29, 0.717) is 11.3 Å². The lowest BCUT2D eigenvalue weighted by Gasteiger charge is -2.09. The molecule has 0 aliphatic heterocycles. The van der Waals surface area contributed by atoms with Crippen molar-refractivity contribution in [2.75, 3.05) is 0 Å². The molecular weight excluding hydrogens is 222 g/mol. The number of aryl methyl sites for hydroxylation is 3. The van der Waals surface area contributed by atoms with E-state index in [1.807, 2.05) is 50.2 Å². The minimum Gasteiger partial charge on any atom is -0.456 e. The molecule has 0 unspecified atom stereocenters. The van der Waals surface area contributed by atoms with Crippen LogP contribution in [0.1, 0.15) is 22.3 Å². The molecule has 18 heavy (non-hydrogen) atoms. The van der Waals surface area contributed by atoms with Gasteiger partial charge in [-0.1, -0.05) is 12.1 Å². The zero-order valence-electron chi connectivity index (χ0n) is 10.8. The van der Waals surface area contributed by atoms with E-state index in [0.717, 1.165) is 11.3 Å². The van der Waals surface area contributed by atoms with Crippen LogP contribution in [-0.4, -0.2) is 0 Å². The molecule has 0 aliphatic rings. The standard InChI is InChI=1S/C16H15NO/c1-11-4-7-16(14(8-11)10-17)18-15-6-5-12(2)13(3)9-15/h4-9H,1-3H3. The van der Waals surface area contributed by atoms with Gasteiger partial charge in [0.2, 0.25) is 0 Å². The number of ether oxygens (including phenoxy) is 1. The predicted molar refractivity (Wildman–Crippen MR) is 71.9 cm³/mol. The summed E-state index contributed by atoms with van der Waals surface area (Å²) in [5.41, 5.74) is 4.03. The van der Waals surface area contributed by atoms with E-state index in [-0.39, 0.29) is 0 Å². The molecule has 2 nitrogen and oxygen atoms in total. The second kappa shape index (κ2) is 4.93. The molecule has 0 spiro atoms. The average Bonchev–Trinajstić information content (AvgIpc) is 2.36. The smallest absolute Gasteiger partial charge is 0.145 e. The number of hydrogen-bond donors (Lipinski definition) is 0. The topological polar surface area (TPSA) is 33.0 Å². The molecule has 0 amide bonds. The lowest BCUT2D eigenvalue weighted by molar-refractivity contribution is 0.480. The maximum absolute atomic E-state index is 9.09. The average molecular weight is 237 g/mol. The Morgan fingerprint density at radius 3 is 2.39 bits per heavy atom. The summed E-state index contributed by atoms with van der Waals surface area (Å²) in [6.45, 7) is 6.06. The van der Waals surface area contributed by atoms with Crippen LogP contribution in [0.4, 0.5) is 0 Å². The molecule has 0 bridgehead atoms. The van der Waals surface area contributed by atoms with Gasteiger partial charge in [-0.2, -0.15) is 5.26 Å². The van der Waals surface area contributed by atoms with Gasteiger partial charge in [0, 0.05) is 0 Å². The third-order valence-corrected chi connectivity index (χ3v) is 2.96. The van der Waals surface area contributed by atoms with Crippen LogP contribution in [0.5, 0.6) is 11.5 Å². The predicted octanol–water partition coefficient (Wildman–Crippen LogP) is 4.28. The van der Waals surface area contributed by atoms with Crippen LogP contribution in [0.25, 0.3) is 0 Å². The molecular formula is C16H15NO. The van der Waals surface area contributed by atoms with Gasteiger partial charge in [0.25, 0.3) is 0 Å². The SMILES string of the molecule is Cc1ccc(Oc2ccc(C)c(C)c2)c(C#N)c1. The molecule has 0 heterocycles. The first-order valence-electron chi connectivity index (χ1n) is 5.86. The molecule has 0 aliphatic carbocycles. The van der Waals surface area contributed by atoms with E-state index in [1.165, 1.54) is 11.1 Å². The Bertz CT molecular complexity index is 623. The maximum atomic E-state index is 9.09. The second-order valence-electron chi connectivity index (χ2n) is 4.46. The monoisotopic (exact) mass is 237 g/mol. The highest BCUT2D eigenvalue weighted by Gasteiger charge is 2.05. The van der Waals surface area contributed by atoms with Gasteiger partial charge in [0.05, 0.1) is 5.56 Å². The van der Waals surface area contributed by atoms with Crippen LogP contribution in [-0.2, 0) is 0 Å². The van der Waals surface area contributed by atoms with Crippen molar-refractivity contribution in [2.24, 2.45) is 0 Å². The lowest BCUT2D eigenvalue weighted by atomic mass is 10.1. The minimum absolute atomic E-state index is 0.563. The van der Waals surface area contributed by atoms with E-state index in [2.05, 4.69) is 13.0 Å². The van der Waals surface area contributed by atoms with Crippen molar-refractivity contribution in [1.82, 2.24) is 0 Å². The molecule has 0 radical (unpaired) electrons. The number of nitrogens with zero attached hydrogens (tertiary/aromatic N) is 1. The van der Waals surface area contributed by atoms with E-state index in [1.54, 1.807) is 0 Å². The summed E-state index contributed by atoms with van der Waals surface area (Å²) in [4.78, 5) is 0. The molecule has 0 saturated heterocycles. The summed E-state index contributed by atoms with van der Waals surface area (Å²) < 4.78 is 5.77. The Kier molecular flexibility index (Phi) is 3.34. The van der Waals surface area contributed by atoms with Crippen molar-refractivity contribution >= 4 is 0 Å². The fourth-order valence-electron chi connectivity index (χ4n) is 1.72. The molecule has 0 N–H and O–H groups in total. The van der Waals surface area contributed by atoms with Gasteiger partial charge in [0.1, 0.15) is 17.6 Å². The van der Waals surface area contributed by atoms with Crippen LogP contribution in [0.3, 0.4) is 0 Å². The van der Waals surface area contributed by atoms with Crippen molar-refractivity contribution < 1.29 is 4.74 Å². The summed E-state index contributed by atoms with van der Waals surface area (Å²) >= 11 is 0. The summed E-state index contributed by atoms with van der Waals surface area (Å²) in [5, 5.41) is 9.09. The van der Waals surface area contributed by atoms with Gasteiger partial charge in [-0.05, 0) is 61.7 Å². The minimum atomic E-state index is 0.563. The highest BCUT2D eigenvalue weighted by Crippen LogP contribution is 2.27. The quantitative estimate of drug-likeness (QED) is 0.781. The molecule has 2 aromatic carbocycles. The van der Waals surface area contributed by atoms with Crippen LogP contribution in [0.2, 0.25) is 0 Å². The number of rotatable bonds is 2. The van der Waals surface area contributed by atoms with Gasteiger partial charge in [-0.3, -0.25) is 0 Å². The van der Waals surface area contributed by atoms with Gasteiger partial charge in [0.15, 0.2) is 0 Å². The highest BCUT2D eigenvalue weighted by molar-refractivity contribution is 5.47. The Hall–Kier alpha value is -2.27. The van der Waals surface area contributed by atoms with E-state index >= 15 is 0 Å². The zero-order valence-corrected chi connectivity index (χ0v) is 10.8. The van der Waals surface area contributed by atoms with Crippen molar-refractivity contribution in [3.05, 3.63) is 58.7 Å². The summed E-state index contributed by atoms with van der Waals surface area (Å²) in [6, 6.07) is 13.7. The summed E-state index contributed by atoms with van der Waals surface area (Å²) in [5.74, 6) is 1.37. The lowest BCUT2D eigenvalue weighted by Crippen LogP contribution is -1.90. The fraction of sp³-hybridized carbons (Fsp3) is 0.188. The summed E-state index contributed by atoms with van der Waals surface area (Å²) in [7, 11) is 0. The van der Waals surface area contributed by atoms with E-state index in [9.17, 15) is 0 Å². The number of benzene rings is 2. The molecule has 2 aromatic rings. The normalized spacial score (nSPS) is 9.89. The number of nitriles is 1. The molecule has 90 valence electrons. The molecule has 0 saturated carbocycles. The Labute approximate surface area is 107 Å². The van der Waals surface area contributed by atoms with E-state index < -0.39 is 0 Å². The third kappa shape index (κ3) is 2.52. The maximum Gasteiger partial charge on any atom is 0.145 e. The van der Waals surface area contributed by atoms with Gasteiger partial charge >= 0.3 is 0 Å². The first-order valence-corrected chi connectivity index (χ1v) is 5.86. The van der Waals surface area contributed by atoms with Crippen molar-refractivity contribution in [1.29, 1.82) is 5.26 Å². The molecule has 0 atom stereocenters. The first kappa shape index (κ1) is 12.2. The molecule has 0 aromatic heterocycles. The van der Waals surface area contributed by atoms with Crippen molar-refractivity contribution in [3.63, 3.8) is 0 Å². The summed E-state index contributed by atoms with van der Waals surface area (Å²) in [6.07, 6.45) is 0. The van der Waals surface area contributed by atoms with Crippen molar-refractivity contribution in [3.8, 4) is 17.6 Å². The van der Waals surface area contributed by atoms with Gasteiger partial charge < -0.3 is 4.74 Å². The van der Waals surface area contributed by atoms with Gasteiger partial charge in [-0.15, -0.1) is 0 Å². The second-order valence-corrected chi connectivity index (χ2v) is 4.46.